The lowest BCUT2D eigenvalue weighted by molar-refractivity contribution is -0.0429. The van der Waals surface area contributed by atoms with Crippen LogP contribution < -0.4 is 9.73 Å². The smallest absolute Gasteiger partial charge is 0.275 e. The Morgan fingerprint density at radius 2 is 1.79 bits per heavy atom. The van der Waals surface area contributed by atoms with Crippen LogP contribution in [0.2, 0.25) is 0 Å². The molecule has 0 unspecified atom stereocenters. The monoisotopic (exact) mass is 413 g/mol. The van der Waals surface area contributed by atoms with Crippen molar-refractivity contribution in [3.05, 3.63) is 59.7 Å². The minimum absolute atomic E-state index is 0.173. The van der Waals surface area contributed by atoms with Gasteiger partial charge in [0.05, 0.1) is 17.1 Å². The van der Waals surface area contributed by atoms with Crippen LogP contribution in [0.1, 0.15) is 31.4 Å². The van der Waals surface area contributed by atoms with Gasteiger partial charge in [-0.05, 0) is 44.5 Å². The van der Waals surface area contributed by atoms with Crippen molar-refractivity contribution in [1.29, 1.82) is 0 Å². The average Bonchev–Trinajstić information content (AvgIpc) is 2.62. The topological polar surface area (TPSA) is 61.8 Å². The molecular formula is C19H22F3N3O2S. The lowest BCUT2D eigenvalue weighted by atomic mass is 10.1. The van der Waals surface area contributed by atoms with E-state index in [1.54, 1.807) is 29.6 Å². The standard InChI is InChI=1S/C19H22F3N3O2S/c1-4-12-25(16-8-6-5-7-9-16)23-15(3)17-13-14(2)10-11-18(17)24-28(26,27)19(20,21)22/h5-11,13,24H,4,12H2,1-3H3/b23-15+. The van der Waals surface area contributed by atoms with Gasteiger partial charge < -0.3 is 0 Å². The summed E-state index contributed by atoms with van der Waals surface area (Å²) in [6.45, 7) is 5.97. The van der Waals surface area contributed by atoms with Crippen LogP contribution in [0.5, 0.6) is 0 Å². The van der Waals surface area contributed by atoms with Crippen molar-refractivity contribution in [2.24, 2.45) is 5.10 Å². The molecule has 0 aromatic heterocycles. The number of nitrogens with zero attached hydrogens (tertiary/aromatic N) is 2. The summed E-state index contributed by atoms with van der Waals surface area (Å²) in [6, 6.07) is 13.8. The Bertz CT molecular complexity index is 943. The minimum atomic E-state index is -5.53. The average molecular weight is 413 g/mol. The summed E-state index contributed by atoms with van der Waals surface area (Å²) in [7, 11) is -5.53. The van der Waals surface area contributed by atoms with Crippen molar-refractivity contribution in [1.82, 2.24) is 0 Å². The molecular weight excluding hydrogens is 391 g/mol. The summed E-state index contributed by atoms with van der Waals surface area (Å²) in [4.78, 5) is 0. The van der Waals surface area contributed by atoms with Gasteiger partial charge in [-0.25, -0.2) is 0 Å². The number of benzene rings is 2. The second-order valence-electron chi connectivity index (χ2n) is 6.24. The van der Waals surface area contributed by atoms with Crippen LogP contribution in [0.3, 0.4) is 0 Å². The molecule has 152 valence electrons. The molecule has 0 saturated carbocycles. The predicted octanol–water partition coefficient (Wildman–Crippen LogP) is 4.90. The van der Waals surface area contributed by atoms with E-state index in [9.17, 15) is 21.6 Å². The number of hydrazone groups is 1. The van der Waals surface area contributed by atoms with E-state index in [0.717, 1.165) is 17.7 Å². The quantitative estimate of drug-likeness (QED) is 0.519. The molecule has 5 nitrogen and oxygen atoms in total. The summed E-state index contributed by atoms with van der Waals surface area (Å²) in [5.74, 6) is 0. The summed E-state index contributed by atoms with van der Waals surface area (Å²) in [5.41, 5.74) is -3.31. The van der Waals surface area contributed by atoms with Crippen LogP contribution in [0.4, 0.5) is 24.5 Å². The maximum Gasteiger partial charge on any atom is 0.516 e. The Morgan fingerprint density at radius 1 is 1.14 bits per heavy atom. The van der Waals surface area contributed by atoms with Gasteiger partial charge in [0.1, 0.15) is 0 Å². The van der Waals surface area contributed by atoms with E-state index in [0.29, 0.717) is 12.3 Å². The van der Waals surface area contributed by atoms with Gasteiger partial charge in [-0.3, -0.25) is 9.73 Å². The molecule has 0 aliphatic rings. The third-order valence-electron chi connectivity index (χ3n) is 3.87. The summed E-state index contributed by atoms with van der Waals surface area (Å²) >= 11 is 0. The first-order valence-electron chi connectivity index (χ1n) is 8.63. The van der Waals surface area contributed by atoms with Gasteiger partial charge in [-0.15, -0.1) is 0 Å². The number of aryl methyl sites for hydroxylation is 1. The molecule has 0 heterocycles. The number of rotatable bonds is 7. The molecule has 28 heavy (non-hydrogen) atoms. The van der Waals surface area contributed by atoms with Gasteiger partial charge in [-0.1, -0.05) is 36.8 Å². The maximum atomic E-state index is 12.8. The van der Waals surface area contributed by atoms with Crippen molar-refractivity contribution < 1.29 is 21.6 Å². The largest absolute Gasteiger partial charge is 0.516 e. The van der Waals surface area contributed by atoms with E-state index < -0.39 is 15.5 Å². The Balaban J connectivity index is 2.47. The molecule has 0 bridgehead atoms. The molecule has 0 atom stereocenters. The molecule has 2 aromatic rings. The Morgan fingerprint density at radius 3 is 2.36 bits per heavy atom. The molecule has 0 radical (unpaired) electrons. The zero-order chi connectivity index (χ0) is 20.9. The second-order valence-corrected chi connectivity index (χ2v) is 7.92. The zero-order valence-corrected chi connectivity index (χ0v) is 16.6. The normalized spacial score (nSPS) is 12.7. The molecule has 0 amide bonds. The molecule has 0 fully saturated rings. The Labute approximate surface area is 162 Å². The highest BCUT2D eigenvalue weighted by molar-refractivity contribution is 7.93. The number of nitrogens with one attached hydrogen (secondary N) is 1. The number of sulfonamides is 1. The molecule has 0 aliphatic heterocycles. The predicted molar refractivity (Wildman–Crippen MR) is 106 cm³/mol. The third kappa shape index (κ3) is 5.25. The van der Waals surface area contributed by atoms with Gasteiger partial charge in [0, 0.05) is 12.1 Å². The summed E-state index contributed by atoms with van der Waals surface area (Å²) in [6.07, 6.45) is 0.799. The highest BCUT2D eigenvalue weighted by Crippen LogP contribution is 2.28. The molecule has 0 spiro atoms. The second kappa shape index (κ2) is 8.64. The summed E-state index contributed by atoms with van der Waals surface area (Å²) < 4.78 is 63.0. The maximum absolute atomic E-state index is 12.8. The lowest BCUT2D eigenvalue weighted by Crippen LogP contribution is -2.30. The molecule has 2 aromatic carbocycles. The third-order valence-corrected chi connectivity index (χ3v) is 4.97. The molecule has 2 rings (SSSR count). The lowest BCUT2D eigenvalue weighted by Gasteiger charge is -2.21. The number of hydrogen-bond acceptors (Lipinski definition) is 4. The fraction of sp³-hybridized carbons (Fsp3) is 0.316. The fourth-order valence-corrected chi connectivity index (χ4v) is 3.12. The van der Waals surface area contributed by atoms with E-state index in [1.165, 1.54) is 12.1 Å². The van der Waals surface area contributed by atoms with Crippen LogP contribution in [-0.4, -0.2) is 26.2 Å². The molecule has 1 N–H and O–H groups in total. The first-order valence-corrected chi connectivity index (χ1v) is 10.1. The van der Waals surface area contributed by atoms with E-state index in [2.05, 4.69) is 5.10 Å². The number of anilines is 2. The van der Waals surface area contributed by atoms with Crippen LogP contribution in [-0.2, 0) is 10.0 Å². The molecule has 9 heteroatoms. The summed E-state index contributed by atoms with van der Waals surface area (Å²) in [5, 5.41) is 6.27. The first-order chi connectivity index (χ1) is 13.0. The van der Waals surface area contributed by atoms with Crippen molar-refractivity contribution in [2.45, 2.75) is 32.7 Å². The molecule has 0 saturated heterocycles. The van der Waals surface area contributed by atoms with Crippen LogP contribution in [0, 0.1) is 6.92 Å². The minimum Gasteiger partial charge on any atom is -0.275 e. The highest BCUT2D eigenvalue weighted by atomic mass is 32.2. The number of para-hydroxylation sites is 1. The van der Waals surface area contributed by atoms with Crippen LogP contribution in [0.15, 0.2) is 53.6 Å². The van der Waals surface area contributed by atoms with Crippen LogP contribution in [0.25, 0.3) is 0 Å². The number of alkyl halides is 3. The highest BCUT2D eigenvalue weighted by Gasteiger charge is 2.46. The van der Waals surface area contributed by atoms with Crippen molar-refractivity contribution in [3.8, 4) is 0 Å². The van der Waals surface area contributed by atoms with E-state index in [1.807, 2.05) is 37.3 Å². The van der Waals surface area contributed by atoms with Gasteiger partial charge >= 0.3 is 15.5 Å². The Hall–Kier alpha value is -2.55. The SMILES string of the molecule is CCCN(/N=C(\C)c1cc(C)ccc1NS(=O)(=O)C(F)(F)F)c1ccccc1. The fourth-order valence-electron chi connectivity index (χ4n) is 2.53. The van der Waals surface area contributed by atoms with Gasteiger partial charge in [0.15, 0.2) is 0 Å². The number of hydrogen-bond donors (Lipinski definition) is 1. The van der Waals surface area contributed by atoms with Crippen molar-refractivity contribution >= 4 is 27.1 Å². The van der Waals surface area contributed by atoms with Gasteiger partial charge in [0.25, 0.3) is 0 Å². The van der Waals surface area contributed by atoms with Gasteiger partial charge in [0.2, 0.25) is 0 Å². The Kier molecular flexibility index (Phi) is 6.71. The first kappa shape index (κ1) is 21.7. The van der Waals surface area contributed by atoms with Crippen molar-refractivity contribution in [3.63, 3.8) is 0 Å². The van der Waals surface area contributed by atoms with E-state index in [-0.39, 0.29) is 11.3 Å². The number of halogens is 3. The van der Waals surface area contributed by atoms with Crippen LogP contribution >= 0.6 is 0 Å². The van der Waals surface area contributed by atoms with Crippen molar-refractivity contribution in [2.75, 3.05) is 16.3 Å². The molecule has 0 aliphatic carbocycles. The van der Waals surface area contributed by atoms with E-state index in [4.69, 9.17) is 0 Å². The van der Waals surface area contributed by atoms with E-state index >= 15 is 0 Å². The van der Waals surface area contributed by atoms with Gasteiger partial charge in [-0.2, -0.15) is 26.7 Å². The zero-order valence-electron chi connectivity index (χ0n) is 15.8.